The highest BCUT2D eigenvalue weighted by molar-refractivity contribution is 9.10. The summed E-state index contributed by atoms with van der Waals surface area (Å²) in [5.74, 6) is 1.52. The quantitative estimate of drug-likeness (QED) is 0.897. The molecule has 1 N–H and O–H groups in total. The van der Waals surface area contributed by atoms with Crippen LogP contribution in [0.4, 0.5) is 0 Å². The lowest BCUT2D eigenvalue weighted by atomic mass is 10.1. The lowest BCUT2D eigenvalue weighted by molar-refractivity contribution is 0.169. The fourth-order valence-electron chi connectivity index (χ4n) is 1.60. The van der Waals surface area contributed by atoms with Crippen molar-refractivity contribution in [3.63, 3.8) is 0 Å². The number of fused-ring (bicyclic) bond motifs is 1. The molecule has 1 aromatic carbocycles. The number of hydrogen-bond donors (Lipinski definition) is 1. The fourth-order valence-corrected chi connectivity index (χ4v) is 2.20. The number of aliphatic hydroxyl groups is 1. The maximum Gasteiger partial charge on any atom is 0.175 e. The van der Waals surface area contributed by atoms with Crippen LogP contribution in [0.2, 0.25) is 0 Å². The molecule has 0 saturated carbocycles. The molecular formula is C11H13BrO3. The van der Waals surface area contributed by atoms with Gasteiger partial charge in [-0.25, -0.2) is 0 Å². The van der Waals surface area contributed by atoms with Gasteiger partial charge in [0.25, 0.3) is 0 Å². The molecule has 1 unspecified atom stereocenters. The standard InChI is InChI=1S/C11H13BrO3/c1-7(13)6-8-2-3-9-11(10(8)12)15-5-4-14-9/h2-3,7,13H,4-6H2,1H3. The Labute approximate surface area is 97.1 Å². The third-order valence-corrected chi connectivity index (χ3v) is 3.11. The molecule has 0 aliphatic carbocycles. The van der Waals surface area contributed by atoms with Crippen molar-refractivity contribution >= 4 is 15.9 Å². The van der Waals surface area contributed by atoms with Gasteiger partial charge in [-0.05, 0) is 40.9 Å². The Balaban J connectivity index is 2.34. The molecular weight excluding hydrogens is 260 g/mol. The van der Waals surface area contributed by atoms with Crippen LogP contribution in [0.3, 0.4) is 0 Å². The van der Waals surface area contributed by atoms with Crippen LogP contribution in [0.15, 0.2) is 16.6 Å². The molecule has 0 spiro atoms. The topological polar surface area (TPSA) is 38.7 Å². The monoisotopic (exact) mass is 272 g/mol. The molecule has 1 atom stereocenters. The predicted octanol–water partition coefficient (Wildman–Crippen LogP) is 2.14. The van der Waals surface area contributed by atoms with E-state index in [-0.39, 0.29) is 6.10 Å². The van der Waals surface area contributed by atoms with Crippen LogP contribution < -0.4 is 9.47 Å². The molecule has 3 nitrogen and oxygen atoms in total. The first kappa shape index (κ1) is 10.8. The zero-order valence-electron chi connectivity index (χ0n) is 8.50. The summed E-state index contributed by atoms with van der Waals surface area (Å²) >= 11 is 3.48. The second-order valence-corrected chi connectivity index (χ2v) is 4.41. The predicted molar refractivity (Wildman–Crippen MR) is 60.5 cm³/mol. The van der Waals surface area contributed by atoms with Gasteiger partial charge in [-0.1, -0.05) is 6.07 Å². The van der Waals surface area contributed by atoms with Crippen molar-refractivity contribution in [3.05, 3.63) is 22.2 Å². The number of benzene rings is 1. The van der Waals surface area contributed by atoms with Crippen molar-refractivity contribution in [1.29, 1.82) is 0 Å². The van der Waals surface area contributed by atoms with E-state index in [1.54, 1.807) is 6.92 Å². The summed E-state index contributed by atoms with van der Waals surface area (Å²) in [4.78, 5) is 0. The van der Waals surface area contributed by atoms with Crippen LogP contribution in [-0.4, -0.2) is 24.4 Å². The number of ether oxygens (including phenoxy) is 2. The average molecular weight is 273 g/mol. The van der Waals surface area contributed by atoms with Gasteiger partial charge in [-0.15, -0.1) is 0 Å². The summed E-state index contributed by atoms with van der Waals surface area (Å²) in [6.07, 6.45) is 0.251. The molecule has 0 saturated heterocycles. The number of halogens is 1. The van der Waals surface area contributed by atoms with Crippen LogP contribution in [0.1, 0.15) is 12.5 Å². The lowest BCUT2D eigenvalue weighted by Crippen LogP contribution is -2.16. The minimum Gasteiger partial charge on any atom is -0.486 e. The van der Waals surface area contributed by atoms with Crippen molar-refractivity contribution in [2.75, 3.05) is 13.2 Å². The molecule has 15 heavy (non-hydrogen) atoms. The van der Waals surface area contributed by atoms with Gasteiger partial charge in [-0.3, -0.25) is 0 Å². The van der Waals surface area contributed by atoms with Crippen molar-refractivity contribution in [3.8, 4) is 11.5 Å². The largest absolute Gasteiger partial charge is 0.486 e. The summed E-state index contributed by atoms with van der Waals surface area (Å²) < 4.78 is 11.9. The van der Waals surface area contributed by atoms with E-state index in [1.807, 2.05) is 12.1 Å². The molecule has 1 heterocycles. The second kappa shape index (κ2) is 4.41. The van der Waals surface area contributed by atoms with Crippen LogP contribution in [0, 0.1) is 0 Å². The first-order valence-corrected chi connectivity index (χ1v) is 5.73. The van der Waals surface area contributed by atoms with Crippen molar-refractivity contribution in [2.45, 2.75) is 19.4 Å². The molecule has 1 aliphatic heterocycles. The van der Waals surface area contributed by atoms with Gasteiger partial charge < -0.3 is 14.6 Å². The number of aliphatic hydroxyl groups excluding tert-OH is 1. The molecule has 1 aromatic rings. The molecule has 2 rings (SSSR count). The van der Waals surface area contributed by atoms with E-state index in [9.17, 15) is 5.11 Å². The van der Waals surface area contributed by atoms with Crippen molar-refractivity contribution < 1.29 is 14.6 Å². The molecule has 0 amide bonds. The van der Waals surface area contributed by atoms with Gasteiger partial charge >= 0.3 is 0 Å². The summed E-state index contributed by atoms with van der Waals surface area (Å²) in [7, 11) is 0. The van der Waals surface area contributed by atoms with Gasteiger partial charge in [0.15, 0.2) is 11.5 Å². The molecule has 0 aromatic heterocycles. The zero-order chi connectivity index (χ0) is 10.8. The third-order valence-electron chi connectivity index (χ3n) is 2.24. The van der Waals surface area contributed by atoms with E-state index >= 15 is 0 Å². The fraction of sp³-hybridized carbons (Fsp3) is 0.455. The van der Waals surface area contributed by atoms with Gasteiger partial charge in [0, 0.05) is 0 Å². The summed E-state index contributed by atoms with van der Waals surface area (Å²) in [6.45, 7) is 2.93. The minimum absolute atomic E-state index is 0.358. The summed E-state index contributed by atoms with van der Waals surface area (Å²) in [6, 6.07) is 3.83. The molecule has 0 bridgehead atoms. The highest BCUT2D eigenvalue weighted by atomic mass is 79.9. The summed E-state index contributed by atoms with van der Waals surface area (Å²) in [5.41, 5.74) is 1.04. The maximum atomic E-state index is 9.34. The number of rotatable bonds is 2. The smallest absolute Gasteiger partial charge is 0.175 e. The first-order chi connectivity index (χ1) is 7.18. The average Bonchev–Trinajstić information content (AvgIpc) is 2.22. The minimum atomic E-state index is -0.358. The van der Waals surface area contributed by atoms with E-state index in [0.29, 0.717) is 19.6 Å². The molecule has 82 valence electrons. The normalized spacial score (nSPS) is 16.2. The Morgan fingerprint density at radius 3 is 2.87 bits per heavy atom. The van der Waals surface area contributed by atoms with E-state index in [0.717, 1.165) is 21.5 Å². The first-order valence-electron chi connectivity index (χ1n) is 4.93. The van der Waals surface area contributed by atoms with E-state index in [4.69, 9.17) is 9.47 Å². The Morgan fingerprint density at radius 1 is 1.40 bits per heavy atom. The van der Waals surface area contributed by atoms with Gasteiger partial charge in [0.05, 0.1) is 10.6 Å². The Kier molecular flexibility index (Phi) is 3.17. The Hall–Kier alpha value is -0.740. The van der Waals surface area contributed by atoms with E-state index in [1.165, 1.54) is 0 Å². The van der Waals surface area contributed by atoms with E-state index in [2.05, 4.69) is 15.9 Å². The van der Waals surface area contributed by atoms with Gasteiger partial charge in [-0.2, -0.15) is 0 Å². The second-order valence-electron chi connectivity index (χ2n) is 3.62. The maximum absolute atomic E-state index is 9.34. The van der Waals surface area contributed by atoms with Crippen LogP contribution >= 0.6 is 15.9 Å². The zero-order valence-corrected chi connectivity index (χ0v) is 10.1. The molecule has 1 aliphatic rings. The van der Waals surface area contributed by atoms with Crippen LogP contribution in [-0.2, 0) is 6.42 Å². The lowest BCUT2D eigenvalue weighted by Gasteiger charge is -2.21. The number of hydrogen-bond acceptors (Lipinski definition) is 3. The molecule has 4 heteroatoms. The van der Waals surface area contributed by atoms with Gasteiger partial charge in [0.1, 0.15) is 13.2 Å². The molecule has 0 radical (unpaired) electrons. The third kappa shape index (κ3) is 2.26. The van der Waals surface area contributed by atoms with Crippen molar-refractivity contribution in [1.82, 2.24) is 0 Å². The highest BCUT2D eigenvalue weighted by Crippen LogP contribution is 2.39. The molecule has 0 fully saturated rings. The van der Waals surface area contributed by atoms with Crippen LogP contribution in [0.5, 0.6) is 11.5 Å². The Morgan fingerprint density at radius 2 is 2.13 bits per heavy atom. The van der Waals surface area contributed by atoms with Crippen LogP contribution in [0.25, 0.3) is 0 Å². The van der Waals surface area contributed by atoms with Gasteiger partial charge in [0.2, 0.25) is 0 Å². The SMILES string of the molecule is CC(O)Cc1ccc2c(c1Br)OCCO2. The Bertz CT molecular complexity index is 363. The van der Waals surface area contributed by atoms with Crippen molar-refractivity contribution in [2.24, 2.45) is 0 Å². The van der Waals surface area contributed by atoms with E-state index < -0.39 is 0 Å². The summed E-state index contributed by atoms with van der Waals surface area (Å²) in [5, 5.41) is 9.34. The highest BCUT2D eigenvalue weighted by Gasteiger charge is 2.18.